The van der Waals surface area contributed by atoms with Gasteiger partial charge in [-0.3, -0.25) is 4.79 Å². The smallest absolute Gasteiger partial charge is 0.159 e. The van der Waals surface area contributed by atoms with Crippen LogP contribution in [0.2, 0.25) is 0 Å². The molecule has 0 amide bonds. The van der Waals surface area contributed by atoms with E-state index >= 15 is 0 Å². The molecule has 0 N–H and O–H groups in total. The highest BCUT2D eigenvalue weighted by Crippen LogP contribution is 2.41. The summed E-state index contributed by atoms with van der Waals surface area (Å²) in [6, 6.07) is 8.30. The summed E-state index contributed by atoms with van der Waals surface area (Å²) in [7, 11) is 0. The second-order valence-electron chi connectivity index (χ2n) is 6.21. The van der Waals surface area contributed by atoms with Crippen LogP contribution in [0.4, 0.5) is 0 Å². The van der Waals surface area contributed by atoms with Gasteiger partial charge in [0.05, 0.1) is 0 Å². The number of hydrogen-bond donors (Lipinski definition) is 0. The summed E-state index contributed by atoms with van der Waals surface area (Å²) in [6.45, 7) is 6.34. The van der Waals surface area contributed by atoms with E-state index in [4.69, 9.17) is 0 Å². The molecule has 0 saturated heterocycles. The monoisotopic (exact) mass is 258 g/mol. The van der Waals surface area contributed by atoms with E-state index in [-0.39, 0.29) is 5.78 Å². The van der Waals surface area contributed by atoms with Gasteiger partial charge in [0, 0.05) is 5.56 Å². The molecule has 1 fully saturated rings. The van der Waals surface area contributed by atoms with Gasteiger partial charge < -0.3 is 0 Å². The average Bonchev–Trinajstić information content (AvgIpc) is 2.41. The van der Waals surface area contributed by atoms with E-state index in [2.05, 4.69) is 26.0 Å². The molecule has 0 aromatic heterocycles. The molecule has 1 saturated carbocycles. The van der Waals surface area contributed by atoms with Gasteiger partial charge in [-0.25, -0.2) is 0 Å². The SMILES string of the molecule is CCC[C@@H]1CC[C@H](c2ccc(C(C)=O)cc2)C[C@@H]1C. The summed E-state index contributed by atoms with van der Waals surface area (Å²) in [5.74, 6) is 2.62. The van der Waals surface area contributed by atoms with E-state index < -0.39 is 0 Å². The molecule has 3 atom stereocenters. The molecule has 0 spiro atoms. The van der Waals surface area contributed by atoms with E-state index in [1.54, 1.807) is 6.92 Å². The van der Waals surface area contributed by atoms with Crippen molar-refractivity contribution in [1.29, 1.82) is 0 Å². The Kier molecular flexibility index (Phi) is 4.79. The molecule has 2 rings (SSSR count). The Morgan fingerprint density at radius 2 is 1.89 bits per heavy atom. The lowest BCUT2D eigenvalue weighted by molar-refractivity contribution is 0.101. The number of hydrogen-bond acceptors (Lipinski definition) is 1. The van der Waals surface area contributed by atoms with Crippen LogP contribution in [0.3, 0.4) is 0 Å². The Hall–Kier alpha value is -1.11. The molecule has 0 unspecified atom stereocenters. The van der Waals surface area contributed by atoms with Gasteiger partial charge in [0.25, 0.3) is 0 Å². The van der Waals surface area contributed by atoms with Crippen LogP contribution in [-0.2, 0) is 0 Å². The topological polar surface area (TPSA) is 17.1 Å². The standard InChI is InChI=1S/C18H26O/c1-4-5-15-6-11-18(12-13(15)2)17-9-7-16(8-10-17)14(3)19/h7-10,13,15,18H,4-6,11-12H2,1-3H3/t13-,15+,18-/m0/s1. The molecule has 0 aliphatic heterocycles. The van der Waals surface area contributed by atoms with Gasteiger partial charge in [0.2, 0.25) is 0 Å². The highest BCUT2D eigenvalue weighted by molar-refractivity contribution is 5.94. The zero-order valence-electron chi connectivity index (χ0n) is 12.5. The summed E-state index contributed by atoms with van der Waals surface area (Å²) in [4.78, 5) is 11.3. The number of rotatable bonds is 4. The minimum atomic E-state index is 0.159. The van der Waals surface area contributed by atoms with E-state index in [0.717, 1.165) is 17.4 Å². The molecule has 1 aliphatic rings. The van der Waals surface area contributed by atoms with Crippen molar-refractivity contribution in [3.8, 4) is 0 Å². The van der Waals surface area contributed by atoms with Crippen molar-refractivity contribution in [2.24, 2.45) is 11.8 Å². The minimum absolute atomic E-state index is 0.159. The lowest BCUT2D eigenvalue weighted by Crippen LogP contribution is -2.21. The quantitative estimate of drug-likeness (QED) is 0.678. The second kappa shape index (κ2) is 6.36. The number of Topliss-reactive ketones (excluding diaryl/α,β-unsaturated/α-hetero) is 1. The number of ketones is 1. The first-order valence-corrected chi connectivity index (χ1v) is 7.72. The molecule has 104 valence electrons. The van der Waals surface area contributed by atoms with Gasteiger partial charge in [0.15, 0.2) is 5.78 Å². The summed E-state index contributed by atoms with van der Waals surface area (Å²) < 4.78 is 0. The van der Waals surface area contributed by atoms with Gasteiger partial charge in [-0.2, -0.15) is 0 Å². The summed E-state index contributed by atoms with van der Waals surface area (Å²) in [5.41, 5.74) is 2.25. The van der Waals surface area contributed by atoms with Crippen molar-refractivity contribution in [3.05, 3.63) is 35.4 Å². The predicted octanol–water partition coefficient (Wildman–Crippen LogP) is 5.21. The van der Waals surface area contributed by atoms with Gasteiger partial charge in [0.1, 0.15) is 0 Å². The van der Waals surface area contributed by atoms with E-state index in [9.17, 15) is 4.79 Å². The summed E-state index contributed by atoms with van der Waals surface area (Å²) in [6.07, 6.45) is 6.69. The van der Waals surface area contributed by atoms with Crippen LogP contribution < -0.4 is 0 Å². The Bertz CT molecular complexity index is 418. The van der Waals surface area contributed by atoms with Crippen LogP contribution in [0.15, 0.2) is 24.3 Å². The average molecular weight is 258 g/mol. The zero-order chi connectivity index (χ0) is 13.8. The molecule has 1 aromatic rings. The van der Waals surface area contributed by atoms with Crippen LogP contribution in [-0.4, -0.2) is 5.78 Å². The Morgan fingerprint density at radius 3 is 2.42 bits per heavy atom. The maximum Gasteiger partial charge on any atom is 0.159 e. The Balaban J connectivity index is 2.01. The first kappa shape index (κ1) is 14.3. The Morgan fingerprint density at radius 1 is 1.21 bits per heavy atom. The third-order valence-electron chi connectivity index (χ3n) is 4.80. The van der Waals surface area contributed by atoms with Crippen LogP contribution in [0.1, 0.15) is 74.7 Å². The maximum atomic E-state index is 11.3. The molecule has 0 bridgehead atoms. The predicted molar refractivity (Wildman–Crippen MR) is 80.6 cm³/mol. The maximum absolute atomic E-state index is 11.3. The molecule has 19 heavy (non-hydrogen) atoms. The summed E-state index contributed by atoms with van der Waals surface area (Å²) >= 11 is 0. The third kappa shape index (κ3) is 3.46. The van der Waals surface area contributed by atoms with Gasteiger partial charge in [-0.05, 0) is 49.5 Å². The van der Waals surface area contributed by atoms with Crippen molar-refractivity contribution in [3.63, 3.8) is 0 Å². The molecular formula is C18H26O. The molecule has 0 heterocycles. The van der Waals surface area contributed by atoms with E-state index in [0.29, 0.717) is 5.92 Å². The highest BCUT2D eigenvalue weighted by atomic mass is 16.1. The largest absolute Gasteiger partial charge is 0.295 e. The first-order valence-electron chi connectivity index (χ1n) is 7.72. The fourth-order valence-electron chi connectivity index (χ4n) is 3.55. The van der Waals surface area contributed by atoms with Crippen molar-refractivity contribution >= 4 is 5.78 Å². The minimum Gasteiger partial charge on any atom is -0.295 e. The zero-order valence-corrected chi connectivity index (χ0v) is 12.5. The lowest BCUT2D eigenvalue weighted by Gasteiger charge is -2.34. The number of benzene rings is 1. The van der Waals surface area contributed by atoms with Crippen LogP contribution in [0.5, 0.6) is 0 Å². The van der Waals surface area contributed by atoms with Crippen LogP contribution in [0, 0.1) is 11.8 Å². The molecule has 1 aromatic carbocycles. The fraction of sp³-hybridized carbons (Fsp3) is 0.611. The van der Waals surface area contributed by atoms with Crippen molar-refractivity contribution in [2.75, 3.05) is 0 Å². The highest BCUT2D eigenvalue weighted by Gasteiger charge is 2.27. The fourth-order valence-corrected chi connectivity index (χ4v) is 3.55. The number of carbonyl (C=O) groups is 1. The van der Waals surface area contributed by atoms with Crippen molar-refractivity contribution in [1.82, 2.24) is 0 Å². The first-order chi connectivity index (χ1) is 9.11. The molecule has 0 radical (unpaired) electrons. The van der Waals surface area contributed by atoms with Gasteiger partial charge >= 0.3 is 0 Å². The summed E-state index contributed by atoms with van der Waals surface area (Å²) in [5, 5.41) is 0. The molecule has 1 nitrogen and oxygen atoms in total. The van der Waals surface area contributed by atoms with Crippen molar-refractivity contribution < 1.29 is 4.79 Å². The van der Waals surface area contributed by atoms with E-state index in [1.165, 1.54) is 37.7 Å². The van der Waals surface area contributed by atoms with Gasteiger partial charge in [-0.15, -0.1) is 0 Å². The van der Waals surface area contributed by atoms with Crippen molar-refractivity contribution in [2.45, 2.75) is 58.8 Å². The Labute approximate surface area is 117 Å². The number of carbonyl (C=O) groups excluding carboxylic acids is 1. The van der Waals surface area contributed by atoms with Gasteiger partial charge in [-0.1, -0.05) is 51.0 Å². The second-order valence-corrected chi connectivity index (χ2v) is 6.21. The van der Waals surface area contributed by atoms with Crippen LogP contribution >= 0.6 is 0 Å². The third-order valence-corrected chi connectivity index (χ3v) is 4.80. The van der Waals surface area contributed by atoms with Crippen LogP contribution in [0.25, 0.3) is 0 Å². The normalized spacial score (nSPS) is 27.2. The molecular weight excluding hydrogens is 232 g/mol. The molecule has 1 aliphatic carbocycles. The van der Waals surface area contributed by atoms with E-state index in [1.807, 2.05) is 12.1 Å². The molecule has 1 heteroatoms. The lowest BCUT2D eigenvalue weighted by atomic mass is 9.71.